The predicted octanol–water partition coefficient (Wildman–Crippen LogP) is 1.88. The van der Waals surface area contributed by atoms with Gasteiger partial charge < -0.3 is 10.2 Å². The molecule has 0 bridgehead atoms. The SMILES string of the molecule is CC1CNCC1C(=O)N1CCCC(C)(C)CC1. The van der Waals surface area contributed by atoms with Gasteiger partial charge in [0.25, 0.3) is 0 Å². The molecule has 1 amide bonds. The molecule has 0 aromatic carbocycles. The first-order valence-electron chi connectivity index (χ1n) is 6.99. The van der Waals surface area contributed by atoms with Gasteiger partial charge in [0.05, 0.1) is 5.92 Å². The molecular weight excluding hydrogens is 212 g/mol. The Balaban J connectivity index is 1.95. The molecule has 2 aliphatic rings. The summed E-state index contributed by atoms with van der Waals surface area (Å²) in [7, 11) is 0. The highest BCUT2D eigenvalue weighted by atomic mass is 16.2. The van der Waals surface area contributed by atoms with E-state index in [1.165, 1.54) is 6.42 Å². The highest BCUT2D eigenvalue weighted by molar-refractivity contribution is 5.79. The summed E-state index contributed by atoms with van der Waals surface area (Å²) in [6, 6.07) is 0. The van der Waals surface area contributed by atoms with Crippen molar-refractivity contribution in [3.05, 3.63) is 0 Å². The van der Waals surface area contributed by atoms with Crippen LogP contribution in [-0.2, 0) is 4.79 Å². The van der Waals surface area contributed by atoms with Crippen molar-refractivity contribution < 1.29 is 4.79 Å². The number of nitrogens with one attached hydrogen (secondary N) is 1. The van der Waals surface area contributed by atoms with E-state index in [0.717, 1.165) is 39.0 Å². The van der Waals surface area contributed by atoms with Crippen molar-refractivity contribution in [3.63, 3.8) is 0 Å². The summed E-state index contributed by atoms with van der Waals surface area (Å²) in [5.74, 6) is 1.11. The number of nitrogens with zero attached hydrogens (tertiary/aromatic N) is 1. The molecule has 98 valence electrons. The molecule has 0 spiro atoms. The van der Waals surface area contributed by atoms with Gasteiger partial charge in [0.2, 0.25) is 5.91 Å². The molecule has 0 aromatic heterocycles. The molecule has 2 unspecified atom stereocenters. The van der Waals surface area contributed by atoms with Gasteiger partial charge in [-0.1, -0.05) is 20.8 Å². The van der Waals surface area contributed by atoms with E-state index in [1.54, 1.807) is 0 Å². The Morgan fingerprint density at radius 1 is 1.24 bits per heavy atom. The first-order chi connectivity index (χ1) is 7.99. The van der Waals surface area contributed by atoms with Gasteiger partial charge in [0.15, 0.2) is 0 Å². The lowest BCUT2D eigenvalue weighted by molar-refractivity contribution is -0.136. The van der Waals surface area contributed by atoms with Gasteiger partial charge in [-0.25, -0.2) is 0 Å². The zero-order chi connectivity index (χ0) is 12.5. The van der Waals surface area contributed by atoms with Crippen LogP contribution in [0.2, 0.25) is 0 Å². The second-order valence-corrected chi connectivity index (χ2v) is 6.59. The molecule has 2 rings (SSSR count). The summed E-state index contributed by atoms with van der Waals surface area (Å²) in [5, 5.41) is 3.33. The highest BCUT2D eigenvalue weighted by Gasteiger charge is 2.34. The zero-order valence-corrected chi connectivity index (χ0v) is 11.5. The molecule has 3 nitrogen and oxygen atoms in total. The number of likely N-dealkylation sites (tertiary alicyclic amines) is 1. The van der Waals surface area contributed by atoms with E-state index in [9.17, 15) is 4.79 Å². The molecule has 0 aliphatic carbocycles. The van der Waals surface area contributed by atoms with Crippen LogP contribution in [0.3, 0.4) is 0 Å². The van der Waals surface area contributed by atoms with Crippen molar-refractivity contribution in [1.29, 1.82) is 0 Å². The summed E-state index contributed by atoms with van der Waals surface area (Å²) < 4.78 is 0. The van der Waals surface area contributed by atoms with E-state index < -0.39 is 0 Å². The number of carbonyl (C=O) groups excluding carboxylic acids is 1. The van der Waals surface area contributed by atoms with Crippen LogP contribution in [0.25, 0.3) is 0 Å². The summed E-state index contributed by atoms with van der Waals surface area (Å²) in [6.07, 6.45) is 3.55. The molecule has 2 aliphatic heterocycles. The van der Waals surface area contributed by atoms with Crippen LogP contribution < -0.4 is 5.32 Å². The van der Waals surface area contributed by atoms with Crippen LogP contribution in [-0.4, -0.2) is 37.0 Å². The van der Waals surface area contributed by atoms with Crippen molar-refractivity contribution in [2.45, 2.75) is 40.0 Å². The number of hydrogen-bond donors (Lipinski definition) is 1. The number of hydrogen-bond acceptors (Lipinski definition) is 2. The fraction of sp³-hybridized carbons (Fsp3) is 0.929. The number of amides is 1. The van der Waals surface area contributed by atoms with Crippen LogP contribution in [0.4, 0.5) is 0 Å². The van der Waals surface area contributed by atoms with Crippen LogP contribution in [0.1, 0.15) is 40.0 Å². The Kier molecular flexibility index (Phi) is 3.76. The van der Waals surface area contributed by atoms with Crippen molar-refractivity contribution in [1.82, 2.24) is 10.2 Å². The topological polar surface area (TPSA) is 32.3 Å². The molecule has 0 aromatic rings. The quantitative estimate of drug-likeness (QED) is 0.756. The first kappa shape index (κ1) is 12.9. The van der Waals surface area contributed by atoms with E-state index in [2.05, 4.69) is 31.0 Å². The molecular formula is C14H26N2O. The summed E-state index contributed by atoms with van der Waals surface area (Å²) in [6.45, 7) is 10.6. The molecule has 17 heavy (non-hydrogen) atoms. The van der Waals surface area contributed by atoms with Gasteiger partial charge in [-0.05, 0) is 37.1 Å². The van der Waals surface area contributed by atoms with Crippen molar-refractivity contribution >= 4 is 5.91 Å². The second kappa shape index (κ2) is 4.97. The Morgan fingerprint density at radius 2 is 2.00 bits per heavy atom. The van der Waals surface area contributed by atoms with E-state index in [1.807, 2.05) is 0 Å². The third kappa shape index (κ3) is 3.01. The lowest BCUT2D eigenvalue weighted by atomic mass is 9.85. The largest absolute Gasteiger partial charge is 0.342 e. The number of carbonyl (C=O) groups is 1. The van der Waals surface area contributed by atoms with Gasteiger partial charge in [0.1, 0.15) is 0 Å². The Hall–Kier alpha value is -0.570. The molecule has 2 fully saturated rings. The number of rotatable bonds is 1. The van der Waals surface area contributed by atoms with Crippen molar-refractivity contribution in [2.24, 2.45) is 17.3 Å². The minimum atomic E-state index is 0.219. The fourth-order valence-corrected chi connectivity index (χ4v) is 3.02. The maximum Gasteiger partial charge on any atom is 0.227 e. The molecule has 2 atom stereocenters. The molecule has 1 N–H and O–H groups in total. The van der Waals surface area contributed by atoms with Gasteiger partial charge in [-0.3, -0.25) is 4.79 Å². The van der Waals surface area contributed by atoms with E-state index >= 15 is 0 Å². The monoisotopic (exact) mass is 238 g/mol. The minimum Gasteiger partial charge on any atom is -0.342 e. The van der Waals surface area contributed by atoms with Crippen LogP contribution in [0, 0.1) is 17.3 Å². The molecule has 2 saturated heterocycles. The predicted molar refractivity (Wildman–Crippen MR) is 69.7 cm³/mol. The fourth-order valence-electron chi connectivity index (χ4n) is 3.02. The molecule has 0 radical (unpaired) electrons. The van der Waals surface area contributed by atoms with Gasteiger partial charge in [-0.2, -0.15) is 0 Å². The Labute approximate surface area is 105 Å². The Bertz CT molecular complexity index is 288. The lowest BCUT2D eigenvalue weighted by Gasteiger charge is -2.26. The zero-order valence-electron chi connectivity index (χ0n) is 11.5. The summed E-state index contributed by atoms with van der Waals surface area (Å²) >= 11 is 0. The molecule has 3 heteroatoms. The second-order valence-electron chi connectivity index (χ2n) is 6.59. The first-order valence-corrected chi connectivity index (χ1v) is 6.99. The van der Waals surface area contributed by atoms with Crippen molar-refractivity contribution in [3.8, 4) is 0 Å². The third-order valence-corrected chi connectivity index (χ3v) is 4.49. The lowest BCUT2D eigenvalue weighted by Crippen LogP contribution is -2.39. The maximum absolute atomic E-state index is 12.5. The third-order valence-electron chi connectivity index (χ3n) is 4.49. The van der Waals surface area contributed by atoms with Crippen LogP contribution >= 0.6 is 0 Å². The van der Waals surface area contributed by atoms with Gasteiger partial charge >= 0.3 is 0 Å². The minimum absolute atomic E-state index is 0.219. The van der Waals surface area contributed by atoms with E-state index in [4.69, 9.17) is 0 Å². The standard InChI is InChI=1S/C14H26N2O/c1-11-9-15-10-12(11)13(17)16-7-4-5-14(2,3)6-8-16/h11-12,15H,4-10H2,1-3H3. The average Bonchev–Trinajstić information content (AvgIpc) is 2.59. The molecule has 2 heterocycles. The molecule has 0 saturated carbocycles. The normalized spacial score (nSPS) is 33.5. The van der Waals surface area contributed by atoms with Crippen molar-refractivity contribution in [2.75, 3.05) is 26.2 Å². The maximum atomic E-state index is 12.5. The highest BCUT2D eigenvalue weighted by Crippen LogP contribution is 2.31. The van der Waals surface area contributed by atoms with Crippen LogP contribution in [0.15, 0.2) is 0 Å². The van der Waals surface area contributed by atoms with Gasteiger partial charge in [-0.15, -0.1) is 0 Å². The van der Waals surface area contributed by atoms with E-state index in [0.29, 0.717) is 17.2 Å². The summed E-state index contributed by atoms with van der Waals surface area (Å²) in [4.78, 5) is 14.6. The smallest absolute Gasteiger partial charge is 0.227 e. The average molecular weight is 238 g/mol. The van der Waals surface area contributed by atoms with Gasteiger partial charge in [0, 0.05) is 19.6 Å². The van der Waals surface area contributed by atoms with Crippen LogP contribution in [0.5, 0.6) is 0 Å². The Morgan fingerprint density at radius 3 is 2.65 bits per heavy atom. The summed E-state index contributed by atoms with van der Waals surface area (Å²) in [5.41, 5.74) is 0.411. The van der Waals surface area contributed by atoms with E-state index in [-0.39, 0.29) is 5.92 Å².